The molecule has 0 atom stereocenters. The molecule has 4 rings (SSSR count). The molecule has 0 unspecified atom stereocenters. The molecule has 0 aliphatic carbocycles. The summed E-state index contributed by atoms with van der Waals surface area (Å²) in [5.41, 5.74) is 2.91. The van der Waals surface area contributed by atoms with Gasteiger partial charge in [-0.1, -0.05) is 40.5 Å². The van der Waals surface area contributed by atoms with Crippen molar-refractivity contribution in [3.8, 4) is 17.2 Å². The Labute approximate surface area is 258 Å². The molecule has 11 heteroatoms. The van der Waals surface area contributed by atoms with Crippen LogP contribution in [0.2, 0.25) is 0 Å². The van der Waals surface area contributed by atoms with E-state index in [1.54, 1.807) is 37.3 Å². The van der Waals surface area contributed by atoms with Crippen LogP contribution in [0.25, 0.3) is 6.08 Å². The number of imide groups is 2. The smallest absolute Gasteiger partial charge is 0.335 e. The molecule has 1 aliphatic heterocycles. The molecule has 1 heterocycles. The molecule has 1 fully saturated rings. The second-order valence-corrected chi connectivity index (χ2v) is 10.6. The number of amides is 5. The van der Waals surface area contributed by atoms with Crippen LogP contribution in [0, 0.1) is 13.8 Å². The zero-order valence-corrected chi connectivity index (χ0v) is 25.9. The van der Waals surface area contributed by atoms with E-state index in [-0.39, 0.29) is 29.5 Å². The maximum Gasteiger partial charge on any atom is 0.335 e. The second-order valence-electron chi connectivity index (χ2n) is 9.71. The van der Waals surface area contributed by atoms with Crippen molar-refractivity contribution in [1.82, 2.24) is 5.32 Å². The van der Waals surface area contributed by atoms with Gasteiger partial charge in [0.15, 0.2) is 18.1 Å². The fourth-order valence-electron chi connectivity index (χ4n) is 4.33. The molecule has 3 aromatic carbocycles. The Balaban J connectivity index is 1.59. The van der Waals surface area contributed by atoms with E-state index in [0.29, 0.717) is 40.4 Å². The van der Waals surface area contributed by atoms with Gasteiger partial charge in [-0.2, -0.15) is 0 Å². The highest BCUT2D eigenvalue weighted by molar-refractivity contribution is 9.10. The average Bonchev–Trinajstić information content (AvgIpc) is 2.96. The van der Waals surface area contributed by atoms with E-state index in [4.69, 9.17) is 14.2 Å². The molecule has 1 saturated heterocycles. The first kappa shape index (κ1) is 31.3. The first-order chi connectivity index (χ1) is 20.6. The summed E-state index contributed by atoms with van der Waals surface area (Å²) in [6, 6.07) is 14.4. The van der Waals surface area contributed by atoms with E-state index < -0.39 is 17.8 Å². The summed E-state index contributed by atoms with van der Waals surface area (Å²) >= 11 is 3.39. The highest BCUT2D eigenvalue weighted by atomic mass is 79.9. The number of benzene rings is 3. The predicted octanol–water partition coefficient (Wildman–Crippen LogP) is 5.94. The van der Waals surface area contributed by atoms with Crippen LogP contribution in [0.1, 0.15) is 37.0 Å². The number of urea groups is 1. The molecule has 43 heavy (non-hydrogen) atoms. The van der Waals surface area contributed by atoms with Crippen LogP contribution in [0.5, 0.6) is 17.2 Å². The van der Waals surface area contributed by atoms with Crippen molar-refractivity contribution >= 4 is 57.1 Å². The molecule has 0 saturated carbocycles. The lowest BCUT2D eigenvalue weighted by Crippen LogP contribution is -2.54. The summed E-state index contributed by atoms with van der Waals surface area (Å²) in [5.74, 6) is -0.991. The minimum Gasteiger partial charge on any atom is -0.490 e. The van der Waals surface area contributed by atoms with E-state index in [1.165, 1.54) is 12.1 Å². The van der Waals surface area contributed by atoms with E-state index >= 15 is 0 Å². The summed E-state index contributed by atoms with van der Waals surface area (Å²) in [5, 5.41) is 5.04. The number of halogens is 1. The summed E-state index contributed by atoms with van der Waals surface area (Å²) in [4.78, 5) is 52.8. The van der Waals surface area contributed by atoms with Gasteiger partial charge >= 0.3 is 6.03 Å². The van der Waals surface area contributed by atoms with Gasteiger partial charge in [0.25, 0.3) is 17.7 Å². The van der Waals surface area contributed by atoms with Gasteiger partial charge in [-0.3, -0.25) is 19.7 Å². The van der Waals surface area contributed by atoms with Gasteiger partial charge in [-0.25, -0.2) is 9.69 Å². The van der Waals surface area contributed by atoms with Gasteiger partial charge in [-0.05, 0) is 75.2 Å². The largest absolute Gasteiger partial charge is 0.490 e. The SMILES string of the molecule is CCCOc1ccc(N2C(=O)NC(=O)/C(=C\c3cc(Br)ccc3OCC(=O)Nc3ccc(C)cc3C)C2=O)cc1OCC. The molecule has 0 radical (unpaired) electrons. The van der Waals surface area contributed by atoms with Gasteiger partial charge in [-0.15, -0.1) is 0 Å². The Bertz CT molecular complexity index is 1600. The predicted molar refractivity (Wildman–Crippen MR) is 167 cm³/mol. The quantitative estimate of drug-likeness (QED) is 0.195. The van der Waals surface area contributed by atoms with Crippen molar-refractivity contribution in [1.29, 1.82) is 0 Å². The van der Waals surface area contributed by atoms with Gasteiger partial charge in [0, 0.05) is 21.8 Å². The molecule has 10 nitrogen and oxygen atoms in total. The van der Waals surface area contributed by atoms with E-state index in [0.717, 1.165) is 22.4 Å². The lowest BCUT2D eigenvalue weighted by molar-refractivity contribution is -0.122. The van der Waals surface area contributed by atoms with Gasteiger partial charge in [0.2, 0.25) is 0 Å². The Morgan fingerprint density at radius 1 is 0.930 bits per heavy atom. The van der Waals surface area contributed by atoms with Crippen molar-refractivity contribution in [3.05, 3.63) is 81.3 Å². The monoisotopic (exact) mass is 649 g/mol. The molecule has 0 aromatic heterocycles. The maximum absolute atomic E-state index is 13.6. The molecule has 3 aromatic rings. The van der Waals surface area contributed by atoms with E-state index in [1.807, 2.05) is 39.0 Å². The van der Waals surface area contributed by atoms with Crippen LogP contribution < -0.4 is 29.7 Å². The molecule has 0 bridgehead atoms. The molecule has 5 amide bonds. The third-order valence-corrected chi connectivity index (χ3v) is 6.83. The van der Waals surface area contributed by atoms with Gasteiger partial charge in [0.1, 0.15) is 11.3 Å². The lowest BCUT2D eigenvalue weighted by atomic mass is 10.1. The Morgan fingerprint density at radius 2 is 1.70 bits per heavy atom. The fourth-order valence-corrected chi connectivity index (χ4v) is 4.71. The Kier molecular flexibility index (Phi) is 10.2. The van der Waals surface area contributed by atoms with E-state index in [9.17, 15) is 19.2 Å². The number of hydrogen-bond donors (Lipinski definition) is 2. The standard InChI is InChI=1S/C32H32BrN3O7/c1-5-13-42-27-12-9-23(17-28(27)41-6-2)36-31(39)24(30(38)35-32(36)40)16-21-15-22(33)8-11-26(21)43-18-29(37)34-25-10-7-19(3)14-20(25)4/h7-12,14-17H,5-6,13,18H2,1-4H3,(H,34,37)(H,35,38,40)/b24-16+. The van der Waals surface area contributed by atoms with Crippen molar-refractivity contribution in [2.75, 3.05) is 30.0 Å². The number of nitrogens with one attached hydrogen (secondary N) is 2. The van der Waals surface area contributed by atoms with Crippen molar-refractivity contribution < 1.29 is 33.4 Å². The number of hydrogen-bond acceptors (Lipinski definition) is 7. The topological polar surface area (TPSA) is 123 Å². The van der Waals surface area contributed by atoms with Crippen molar-refractivity contribution in [2.45, 2.75) is 34.1 Å². The number of rotatable bonds is 11. The summed E-state index contributed by atoms with van der Waals surface area (Å²) in [7, 11) is 0. The van der Waals surface area contributed by atoms with Crippen LogP contribution in [-0.4, -0.2) is 43.6 Å². The number of carbonyl (C=O) groups excluding carboxylic acids is 4. The third kappa shape index (κ3) is 7.61. The minimum absolute atomic E-state index is 0.196. The number of anilines is 2. The molecule has 0 spiro atoms. The zero-order chi connectivity index (χ0) is 31.1. The molecule has 1 aliphatic rings. The van der Waals surface area contributed by atoms with Crippen molar-refractivity contribution in [2.24, 2.45) is 0 Å². The minimum atomic E-state index is -0.898. The summed E-state index contributed by atoms with van der Waals surface area (Å²) in [6.45, 7) is 8.13. The fraction of sp³-hybridized carbons (Fsp3) is 0.250. The van der Waals surface area contributed by atoms with Crippen LogP contribution in [0.4, 0.5) is 16.2 Å². The lowest BCUT2D eigenvalue weighted by Gasteiger charge is -2.27. The average molecular weight is 651 g/mol. The van der Waals surface area contributed by atoms with Gasteiger partial charge in [0.05, 0.1) is 18.9 Å². The second kappa shape index (κ2) is 14.0. The van der Waals surface area contributed by atoms with Crippen LogP contribution in [0.15, 0.2) is 64.6 Å². The van der Waals surface area contributed by atoms with Gasteiger partial charge < -0.3 is 19.5 Å². The highest BCUT2D eigenvalue weighted by Gasteiger charge is 2.37. The molecule has 2 N–H and O–H groups in total. The number of carbonyl (C=O) groups is 4. The number of ether oxygens (including phenoxy) is 3. The first-order valence-electron chi connectivity index (χ1n) is 13.7. The summed E-state index contributed by atoms with van der Waals surface area (Å²) < 4.78 is 17.8. The third-order valence-electron chi connectivity index (χ3n) is 6.34. The molecular weight excluding hydrogens is 618 g/mol. The van der Waals surface area contributed by atoms with Crippen LogP contribution in [-0.2, 0) is 14.4 Å². The Hall–Kier alpha value is -4.64. The van der Waals surface area contributed by atoms with E-state index in [2.05, 4.69) is 26.6 Å². The number of barbiturate groups is 1. The maximum atomic E-state index is 13.6. The zero-order valence-electron chi connectivity index (χ0n) is 24.3. The number of nitrogens with zero attached hydrogens (tertiary/aromatic N) is 1. The van der Waals surface area contributed by atoms with Crippen molar-refractivity contribution in [3.63, 3.8) is 0 Å². The van der Waals surface area contributed by atoms with Crippen LogP contribution in [0.3, 0.4) is 0 Å². The Morgan fingerprint density at radius 3 is 2.42 bits per heavy atom. The highest BCUT2D eigenvalue weighted by Crippen LogP contribution is 2.34. The molecular formula is C32H32BrN3O7. The number of aryl methyl sites for hydroxylation is 2. The summed E-state index contributed by atoms with van der Waals surface area (Å²) in [6.07, 6.45) is 2.11. The normalized spacial score (nSPS) is 14.0. The van der Waals surface area contributed by atoms with Crippen LogP contribution >= 0.6 is 15.9 Å². The molecule has 224 valence electrons. The first-order valence-corrected chi connectivity index (χ1v) is 14.5.